The van der Waals surface area contributed by atoms with Crippen LogP contribution < -0.4 is 0 Å². The van der Waals surface area contributed by atoms with Crippen LogP contribution >= 0.6 is 23.2 Å². The van der Waals surface area contributed by atoms with E-state index in [9.17, 15) is 0 Å². The molecule has 0 aliphatic heterocycles. The smallest absolute Gasteiger partial charge is 0.0854 e. The molecular weight excluding hydrogens is 235 g/mol. The fourth-order valence-corrected chi connectivity index (χ4v) is 1.59. The summed E-state index contributed by atoms with van der Waals surface area (Å²) < 4.78 is 1.61. The minimum atomic E-state index is -0.0692. The molecule has 2 rings (SSSR count). The van der Waals surface area contributed by atoms with Gasteiger partial charge in [0, 0.05) is 6.20 Å². The van der Waals surface area contributed by atoms with Crippen LogP contribution in [0.4, 0.5) is 0 Å². The van der Waals surface area contributed by atoms with E-state index in [1.54, 1.807) is 35.1 Å². The Morgan fingerprint density at radius 1 is 1.20 bits per heavy atom. The molecule has 0 fully saturated rings. The summed E-state index contributed by atoms with van der Waals surface area (Å²) in [6.45, 7) is -0.0692. The quantitative estimate of drug-likeness (QED) is 0.880. The predicted molar refractivity (Wildman–Crippen MR) is 59.5 cm³/mol. The molecular formula is C10H8Cl2N2O. The first-order chi connectivity index (χ1) is 7.22. The molecule has 0 amide bonds. The Bertz CT molecular complexity index is 482. The summed E-state index contributed by atoms with van der Waals surface area (Å²) in [6, 6.07) is 6.93. The highest BCUT2D eigenvalue weighted by Crippen LogP contribution is 2.24. The summed E-state index contributed by atoms with van der Waals surface area (Å²) in [6.07, 6.45) is 1.62. The van der Waals surface area contributed by atoms with Crippen LogP contribution in [-0.2, 0) is 6.61 Å². The van der Waals surface area contributed by atoms with Crippen LogP contribution in [0.1, 0.15) is 5.69 Å². The van der Waals surface area contributed by atoms with Crippen LogP contribution in [0.15, 0.2) is 30.5 Å². The number of aliphatic hydroxyl groups is 1. The van der Waals surface area contributed by atoms with Gasteiger partial charge in [-0.2, -0.15) is 5.10 Å². The van der Waals surface area contributed by atoms with Crippen molar-refractivity contribution in [3.8, 4) is 5.69 Å². The summed E-state index contributed by atoms with van der Waals surface area (Å²) in [5, 5.41) is 14.1. The van der Waals surface area contributed by atoms with Crippen molar-refractivity contribution in [1.29, 1.82) is 0 Å². The molecule has 0 bridgehead atoms. The topological polar surface area (TPSA) is 38.1 Å². The molecule has 0 aliphatic rings. The van der Waals surface area contributed by atoms with Gasteiger partial charge in [0.25, 0.3) is 0 Å². The van der Waals surface area contributed by atoms with Crippen molar-refractivity contribution in [2.45, 2.75) is 6.61 Å². The summed E-state index contributed by atoms with van der Waals surface area (Å²) in [4.78, 5) is 0. The van der Waals surface area contributed by atoms with Gasteiger partial charge in [-0.1, -0.05) is 23.2 Å². The van der Waals surface area contributed by atoms with E-state index in [0.717, 1.165) is 5.69 Å². The van der Waals surface area contributed by atoms with Gasteiger partial charge in [-0.3, -0.25) is 0 Å². The lowest BCUT2D eigenvalue weighted by atomic mass is 10.3. The Labute approximate surface area is 96.9 Å². The molecule has 0 saturated heterocycles. The summed E-state index contributed by atoms with van der Waals surface area (Å²) in [5.41, 5.74) is 1.48. The van der Waals surface area contributed by atoms with E-state index in [1.807, 2.05) is 0 Å². The van der Waals surface area contributed by atoms with E-state index >= 15 is 0 Å². The average Bonchev–Trinajstić information content (AvgIpc) is 2.70. The number of benzene rings is 1. The number of rotatable bonds is 2. The van der Waals surface area contributed by atoms with E-state index in [1.165, 1.54) is 0 Å². The van der Waals surface area contributed by atoms with Gasteiger partial charge >= 0.3 is 0 Å². The maximum Gasteiger partial charge on any atom is 0.0854 e. The normalized spacial score (nSPS) is 10.6. The van der Waals surface area contributed by atoms with Crippen LogP contribution in [0.25, 0.3) is 5.69 Å². The number of aromatic nitrogens is 2. The second-order valence-electron chi connectivity index (χ2n) is 2.99. The van der Waals surface area contributed by atoms with Crippen LogP contribution in [0.5, 0.6) is 0 Å². The SMILES string of the molecule is OCc1ccnn1-c1ccc(Cl)c(Cl)c1. The molecule has 0 spiro atoms. The number of hydrogen-bond acceptors (Lipinski definition) is 2. The Hall–Kier alpha value is -1.03. The zero-order chi connectivity index (χ0) is 10.8. The lowest BCUT2D eigenvalue weighted by molar-refractivity contribution is 0.273. The van der Waals surface area contributed by atoms with Crippen molar-refractivity contribution >= 4 is 23.2 Å². The van der Waals surface area contributed by atoms with E-state index < -0.39 is 0 Å². The van der Waals surface area contributed by atoms with Crippen molar-refractivity contribution in [2.24, 2.45) is 0 Å². The van der Waals surface area contributed by atoms with Gasteiger partial charge in [0.15, 0.2) is 0 Å². The standard InChI is InChI=1S/C10H8Cl2N2O/c11-9-2-1-7(5-10(9)12)14-8(6-15)3-4-13-14/h1-5,15H,6H2. The van der Waals surface area contributed by atoms with Crippen molar-refractivity contribution < 1.29 is 5.11 Å². The lowest BCUT2D eigenvalue weighted by Gasteiger charge is -2.06. The molecule has 15 heavy (non-hydrogen) atoms. The molecule has 1 heterocycles. The Balaban J connectivity index is 2.50. The van der Waals surface area contributed by atoms with Gasteiger partial charge < -0.3 is 5.11 Å². The third kappa shape index (κ3) is 2.00. The summed E-state index contributed by atoms with van der Waals surface area (Å²) in [7, 11) is 0. The average molecular weight is 243 g/mol. The van der Waals surface area contributed by atoms with Gasteiger partial charge in [-0.15, -0.1) is 0 Å². The van der Waals surface area contributed by atoms with Crippen molar-refractivity contribution in [3.63, 3.8) is 0 Å². The van der Waals surface area contributed by atoms with Crippen LogP contribution in [0, 0.1) is 0 Å². The molecule has 3 nitrogen and oxygen atoms in total. The van der Waals surface area contributed by atoms with Gasteiger partial charge in [0.05, 0.1) is 28.0 Å². The first kappa shape index (κ1) is 10.5. The van der Waals surface area contributed by atoms with Crippen LogP contribution in [0.2, 0.25) is 10.0 Å². The number of hydrogen-bond donors (Lipinski definition) is 1. The molecule has 0 radical (unpaired) electrons. The third-order valence-corrected chi connectivity index (χ3v) is 2.77. The van der Waals surface area contributed by atoms with Gasteiger partial charge in [-0.25, -0.2) is 4.68 Å². The number of aliphatic hydroxyl groups excluding tert-OH is 1. The number of halogens is 2. The Kier molecular flexibility index (Phi) is 2.95. The molecule has 1 aromatic carbocycles. The fourth-order valence-electron chi connectivity index (χ4n) is 1.30. The molecule has 78 valence electrons. The highest BCUT2D eigenvalue weighted by molar-refractivity contribution is 6.42. The highest BCUT2D eigenvalue weighted by atomic mass is 35.5. The molecule has 5 heteroatoms. The Morgan fingerprint density at radius 3 is 2.67 bits per heavy atom. The van der Waals surface area contributed by atoms with Crippen molar-refractivity contribution in [3.05, 3.63) is 46.2 Å². The maximum atomic E-state index is 9.07. The molecule has 0 atom stereocenters. The molecule has 0 saturated carbocycles. The van der Waals surface area contributed by atoms with Crippen molar-refractivity contribution in [2.75, 3.05) is 0 Å². The number of nitrogens with zero attached hydrogens (tertiary/aromatic N) is 2. The van der Waals surface area contributed by atoms with E-state index in [0.29, 0.717) is 15.7 Å². The molecule has 0 aliphatic carbocycles. The van der Waals surface area contributed by atoms with Gasteiger partial charge in [-0.05, 0) is 24.3 Å². The Morgan fingerprint density at radius 2 is 2.00 bits per heavy atom. The summed E-state index contributed by atoms with van der Waals surface area (Å²) in [5.74, 6) is 0. The lowest BCUT2D eigenvalue weighted by Crippen LogP contribution is -2.01. The third-order valence-electron chi connectivity index (χ3n) is 2.03. The zero-order valence-corrected chi connectivity index (χ0v) is 9.20. The maximum absolute atomic E-state index is 9.07. The highest BCUT2D eigenvalue weighted by Gasteiger charge is 2.05. The fraction of sp³-hybridized carbons (Fsp3) is 0.100. The molecule has 1 N–H and O–H groups in total. The summed E-state index contributed by atoms with van der Waals surface area (Å²) >= 11 is 11.7. The van der Waals surface area contributed by atoms with Crippen LogP contribution in [0.3, 0.4) is 0 Å². The minimum Gasteiger partial charge on any atom is -0.390 e. The first-order valence-corrected chi connectivity index (χ1v) is 5.07. The first-order valence-electron chi connectivity index (χ1n) is 4.31. The second kappa shape index (κ2) is 4.23. The largest absolute Gasteiger partial charge is 0.390 e. The van der Waals surface area contributed by atoms with Crippen LogP contribution in [-0.4, -0.2) is 14.9 Å². The second-order valence-corrected chi connectivity index (χ2v) is 3.81. The van der Waals surface area contributed by atoms with E-state index in [4.69, 9.17) is 28.3 Å². The zero-order valence-electron chi connectivity index (χ0n) is 7.69. The van der Waals surface area contributed by atoms with Crippen molar-refractivity contribution in [1.82, 2.24) is 9.78 Å². The molecule has 1 aromatic heterocycles. The van der Waals surface area contributed by atoms with E-state index in [2.05, 4.69) is 5.10 Å². The predicted octanol–water partition coefficient (Wildman–Crippen LogP) is 2.67. The van der Waals surface area contributed by atoms with Gasteiger partial charge in [0.2, 0.25) is 0 Å². The molecule has 0 unspecified atom stereocenters. The van der Waals surface area contributed by atoms with E-state index in [-0.39, 0.29) is 6.61 Å². The monoisotopic (exact) mass is 242 g/mol. The molecule has 2 aromatic rings. The minimum absolute atomic E-state index is 0.0692. The van der Waals surface area contributed by atoms with Gasteiger partial charge in [0.1, 0.15) is 0 Å².